The molecule has 36 heavy (non-hydrogen) atoms. The van der Waals surface area contributed by atoms with Crippen LogP contribution < -0.4 is 20.3 Å². The number of benzene rings is 1. The van der Waals surface area contributed by atoms with Crippen molar-refractivity contribution in [2.24, 2.45) is 5.41 Å². The number of hydrogen-bond donors (Lipinski definition) is 3. The zero-order valence-corrected chi connectivity index (χ0v) is 22.4. The molecule has 9 heteroatoms. The van der Waals surface area contributed by atoms with Gasteiger partial charge in [0.2, 0.25) is 5.91 Å². The predicted octanol–water partition coefficient (Wildman–Crippen LogP) is 2.10. The van der Waals surface area contributed by atoms with Gasteiger partial charge in [-0.1, -0.05) is 19.9 Å². The van der Waals surface area contributed by atoms with E-state index in [9.17, 15) is 9.90 Å². The van der Waals surface area contributed by atoms with E-state index in [0.717, 1.165) is 68.9 Å². The number of carbonyl (C=O) groups is 1. The van der Waals surface area contributed by atoms with E-state index in [-0.39, 0.29) is 31.2 Å². The Hall–Kier alpha value is -1.91. The van der Waals surface area contributed by atoms with Crippen LogP contribution in [0.5, 0.6) is 5.75 Å². The Balaban J connectivity index is 1.42. The number of aliphatic hydroxyl groups excluding tert-OH is 1. The van der Waals surface area contributed by atoms with Gasteiger partial charge in [0.15, 0.2) is 0 Å². The average molecular weight is 508 g/mol. The number of rotatable bonds is 14. The summed E-state index contributed by atoms with van der Waals surface area (Å²) < 4.78 is 22.2. The summed E-state index contributed by atoms with van der Waals surface area (Å²) in [4.78, 5) is 15.0. The first-order valence-corrected chi connectivity index (χ1v) is 13.1. The molecule has 0 saturated carbocycles. The van der Waals surface area contributed by atoms with Gasteiger partial charge in [0.1, 0.15) is 12.4 Å². The molecule has 0 aromatic heterocycles. The predicted molar refractivity (Wildman–Crippen MR) is 140 cm³/mol. The van der Waals surface area contributed by atoms with Crippen LogP contribution in [-0.2, 0) is 25.6 Å². The van der Waals surface area contributed by atoms with E-state index in [4.69, 9.17) is 18.9 Å². The summed E-state index contributed by atoms with van der Waals surface area (Å²) in [5.74, 6) is 0.884. The van der Waals surface area contributed by atoms with Crippen molar-refractivity contribution in [1.29, 1.82) is 0 Å². The van der Waals surface area contributed by atoms with E-state index >= 15 is 0 Å². The highest BCUT2D eigenvalue weighted by Crippen LogP contribution is 2.33. The molecule has 0 bridgehead atoms. The number of methoxy groups -OCH3 is 2. The van der Waals surface area contributed by atoms with Crippen molar-refractivity contribution in [2.45, 2.75) is 64.4 Å². The molecule has 2 heterocycles. The molecule has 3 atom stereocenters. The van der Waals surface area contributed by atoms with E-state index in [0.29, 0.717) is 13.2 Å². The second-order valence-electron chi connectivity index (χ2n) is 10.5. The minimum absolute atomic E-state index is 0.0505. The maximum absolute atomic E-state index is 12.6. The Kier molecular flexibility index (Phi) is 11.3. The quantitative estimate of drug-likeness (QED) is 0.329. The third-order valence-corrected chi connectivity index (χ3v) is 6.94. The number of hydrogen-bond acceptors (Lipinski definition) is 8. The summed E-state index contributed by atoms with van der Waals surface area (Å²) in [5.41, 5.74) is 1.75. The molecule has 1 aromatic rings. The average Bonchev–Trinajstić information content (AvgIpc) is 2.87. The minimum Gasteiger partial charge on any atom is -0.490 e. The monoisotopic (exact) mass is 507 g/mol. The molecule has 3 rings (SSSR count). The largest absolute Gasteiger partial charge is 0.490 e. The molecule has 204 valence electrons. The van der Waals surface area contributed by atoms with E-state index in [1.807, 2.05) is 19.9 Å². The van der Waals surface area contributed by atoms with Crippen molar-refractivity contribution in [3.63, 3.8) is 0 Å². The van der Waals surface area contributed by atoms with Gasteiger partial charge in [0.05, 0.1) is 37.7 Å². The molecule has 3 N–H and O–H groups in total. The number of aliphatic hydroxyl groups is 1. The molecule has 2 aliphatic heterocycles. The van der Waals surface area contributed by atoms with Crippen molar-refractivity contribution in [3.05, 3.63) is 23.8 Å². The fourth-order valence-electron chi connectivity index (χ4n) is 4.87. The second kappa shape index (κ2) is 14.1. The fourth-order valence-corrected chi connectivity index (χ4v) is 4.87. The van der Waals surface area contributed by atoms with Crippen molar-refractivity contribution in [1.82, 2.24) is 10.6 Å². The lowest BCUT2D eigenvalue weighted by Crippen LogP contribution is -2.48. The van der Waals surface area contributed by atoms with Gasteiger partial charge in [-0.25, -0.2) is 0 Å². The summed E-state index contributed by atoms with van der Waals surface area (Å²) >= 11 is 0. The number of ether oxygens (including phenoxy) is 4. The van der Waals surface area contributed by atoms with Gasteiger partial charge < -0.3 is 39.6 Å². The molecule has 1 amide bonds. The highest BCUT2D eigenvalue weighted by molar-refractivity contribution is 5.81. The third kappa shape index (κ3) is 8.59. The highest BCUT2D eigenvalue weighted by atomic mass is 16.5. The van der Waals surface area contributed by atoms with Gasteiger partial charge in [-0.2, -0.15) is 0 Å². The van der Waals surface area contributed by atoms with Crippen LogP contribution in [0.4, 0.5) is 5.69 Å². The first-order valence-electron chi connectivity index (χ1n) is 13.1. The van der Waals surface area contributed by atoms with Crippen molar-refractivity contribution < 1.29 is 28.8 Å². The molecule has 0 spiro atoms. The molecule has 1 aromatic carbocycles. The second-order valence-corrected chi connectivity index (χ2v) is 10.5. The lowest BCUT2D eigenvalue weighted by molar-refractivity contribution is -0.130. The number of piperidine rings is 1. The molecule has 1 fully saturated rings. The summed E-state index contributed by atoms with van der Waals surface area (Å²) in [6, 6.07) is 6.58. The Labute approximate surface area is 215 Å². The Morgan fingerprint density at radius 3 is 2.86 bits per heavy atom. The molecule has 2 aliphatic rings. The smallest absolute Gasteiger partial charge is 0.225 e. The summed E-state index contributed by atoms with van der Waals surface area (Å²) in [6.07, 6.45) is 3.09. The first-order chi connectivity index (χ1) is 17.3. The van der Waals surface area contributed by atoms with Crippen LogP contribution in [0.1, 0.15) is 45.1 Å². The van der Waals surface area contributed by atoms with Gasteiger partial charge in [-0.3, -0.25) is 4.79 Å². The van der Waals surface area contributed by atoms with Crippen LogP contribution in [0, 0.1) is 5.41 Å². The third-order valence-electron chi connectivity index (χ3n) is 6.94. The maximum Gasteiger partial charge on any atom is 0.225 e. The Bertz CT molecular complexity index is 813. The summed E-state index contributed by atoms with van der Waals surface area (Å²) in [6.45, 7) is 8.94. The van der Waals surface area contributed by atoms with Gasteiger partial charge in [-0.15, -0.1) is 0 Å². The normalized spacial score (nSPS) is 21.0. The van der Waals surface area contributed by atoms with Crippen LogP contribution in [0.2, 0.25) is 0 Å². The van der Waals surface area contributed by atoms with Gasteiger partial charge in [0, 0.05) is 51.9 Å². The fraction of sp³-hybridized carbons (Fsp3) is 0.741. The van der Waals surface area contributed by atoms with Crippen molar-refractivity contribution in [3.8, 4) is 5.75 Å². The van der Waals surface area contributed by atoms with Gasteiger partial charge in [-0.05, 0) is 43.4 Å². The summed E-state index contributed by atoms with van der Waals surface area (Å²) in [7, 11) is 3.27. The van der Waals surface area contributed by atoms with E-state index in [2.05, 4.69) is 27.7 Å². The van der Waals surface area contributed by atoms with Crippen LogP contribution >= 0.6 is 0 Å². The highest BCUT2D eigenvalue weighted by Gasteiger charge is 2.33. The number of anilines is 1. The number of nitrogens with zero attached hydrogens (tertiary/aromatic N) is 1. The van der Waals surface area contributed by atoms with E-state index < -0.39 is 11.5 Å². The topological polar surface area (TPSA) is 102 Å². The van der Waals surface area contributed by atoms with E-state index in [1.165, 1.54) is 7.11 Å². The van der Waals surface area contributed by atoms with Gasteiger partial charge in [0.25, 0.3) is 0 Å². The van der Waals surface area contributed by atoms with Crippen molar-refractivity contribution in [2.75, 3.05) is 65.1 Å². The number of nitrogens with one attached hydrogen (secondary N) is 2. The first kappa shape index (κ1) is 28.7. The number of fused-ring (bicyclic) bond motifs is 1. The number of carbonyl (C=O) groups excluding carboxylic acids is 1. The molecular formula is C27H45N3O6. The summed E-state index contributed by atoms with van der Waals surface area (Å²) in [5, 5.41) is 16.2. The van der Waals surface area contributed by atoms with Crippen LogP contribution in [0.25, 0.3) is 0 Å². The Morgan fingerprint density at radius 1 is 1.31 bits per heavy atom. The van der Waals surface area contributed by atoms with Crippen LogP contribution in [0.3, 0.4) is 0 Å². The van der Waals surface area contributed by atoms with Gasteiger partial charge >= 0.3 is 0 Å². The maximum atomic E-state index is 12.6. The minimum atomic E-state index is -0.693. The standard InChI is InChI=1S/C27H45N3O6/c1-27(2,26(32)29-16-22(31)19-34-4)15-21-7-8-23(17-28-21)36-18-20-6-9-25-24(14-20)30(11-13-35-25)10-5-12-33-3/h6,9,14,21-23,28,31H,5,7-8,10-13,15-19H2,1-4H3,(H,29,32)/t21-,22+,23+/m0/s1. The molecule has 1 saturated heterocycles. The zero-order chi connectivity index (χ0) is 26.0. The molecular weight excluding hydrogens is 462 g/mol. The molecule has 0 aliphatic carbocycles. The molecule has 0 radical (unpaired) electrons. The van der Waals surface area contributed by atoms with Crippen molar-refractivity contribution >= 4 is 11.6 Å². The SMILES string of the molecule is COCCCN1CCOc2ccc(CO[C@@H]3CC[C@@H](CC(C)(C)C(=O)NC[C@@H](O)COC)NC3)cc21. The number of amides is 1. The zero-order valence-electron chi connectivity index (χ0n) is 22.4. The Morgan fingerprint density at radius 2 is 2.14 bits per heavy atom. The van der Waals surface area contributed by atoms with E-state index in [1.54, 1.807) is 7.11 Å². The van der Waals surface area contributed by atoms with Crippen LogP contribution in [-0.4, -0.2) is 89.5 Å². The van der Waals surface area contributed by atoms with Crippen LogP contribution in [0.15, 0.2) is 18.2 Å². The molecule has 0 unspecified atom stereocenters. The molecule has 9 nitrogen and oxygen atoms in total. The lowest BCUT2D eigenvalue weighted by atomic mass is 9.82. The lowest BCUT2D eigenvalue weighted by Gasteiger charge is -2.35.